The fourth-order valence-electron chi connectivity index (χ4n) is 4.46. The third-order valence-electron chi connectivity index (χ3n) is 6.15. The number of carbonyl (C=O) groups is 1. The second-order valence-electron chi connectivity index (χ2n) is 8.47. The number of halogens is 6. The molecular weight excluding hydrogens is 468 g/mol. The van der Waals surface area contributed by atoms with Gasteiger partial charge in [-0.3, -0.25) is 5.32 Å². The highest BCUT2D eigenvalue weighted by Crippen LogP contribution is 2.46. The molecule has 0 bridgehead atoms. The molecule has 0 radical (unpaired) electrons. The number of piperazine rings is 1. The topological polar surface area (TPSA) is 79.4 Å². The van der Waals surface area contributed by atoms with Crippen molar-refractivity contribution in [2.45, 2.75) is 37.3 Å². The van der Waals surface area contributed by atoms with Gasteiger partial charge in [0.05, 0.1) is 16.8 Å². The molecule has 0 aromatic carbocycles. The summed E-state index contributed by atoms with van der Waals surface area (Å²) in [6, 6.07) is 2.71. The zero-order chi connectivity index (χ0) is 24.3. The average molecular weight is 487 g/mol. The number of anilines is 2. The van der Waals surface area contributed by atoms with Crippen molar-refractivity contribution < 1.29 is 35.9 Å². The summed E-state index contributed by atoms with van der Waals surface area (Å²) < 4.78 is 87.1. The summed E-state index contributed by atoms with van der Waals surface area (Å²) in [5.41, 5.74) is -2.19. The van der Waals surface area contributed by atoms with Crippen molar-refractivity contribution >= 4 is 17.7 Å². The molecule has 2 aromatic rings. The van der Waals surface area contributed by atoms with Crippen LogP contribution >= 0.6 is 0 Å². The Morgan fingerprint density at radius 1 is 1.12 bits per heavy atom. The van der Waals surface area contributed by atoms with Gasteiger partial charge in [-0.25, -0.2) is 14.8 Å². The predicted octanol–water partition coefficient (Wildman–Crippen LogP) is 4.52. The summed E-state index contributed by atoms with van der Waals surface area (Å²) in [6.07, 6.45) is -10.8. The molecule has 182 valence electrons. The molecule has 2 aromatic heterocycles. The number of alkyl halides is 6. The van der Waals surface area contributed by atoms with Gasteiger partial charge in [-0.15, -0.1) is 0 Å². The van der Waals surface area contributed by atoms with Crippen molar-refractivity contribution in [1.29, 1.82) is 0 Å². The van der Waals surface area contributed by atoms with Gasteiger partial charge in [0.2, 0.25) is 6.10 Å². The molecule has 3 aliphatic rings. The molecule has 1 saturated carbocycles. The van der Waals surface area contributed by atoms with Crippen LogP contribution in [0.1, 0.15) is 30.1 Å². The lowest BCUT2D eigenvalue weighted by Crippen LogP contribution is -2.52. The normalized spacial score (nSPS) is 23.2. The van der Waals surface area contributed by atoms with E-state index in [4.69, 9.17) is 0 Å². The third-order valence-corrected chi connectivity index (χ3v) is 6.15. The number of nitrogens with one attached hydrogen (secondary N) is 2. The lowest BCUT2D eigenvalue weighted by molar-refractivity contribution is -0.206. The summed E-state index contributed by atoms with van der Waals surface area (Å²) in [5, 5.41) is 5.32. The van der Waals surface area contributed by atoms with Gasteiger partial charge in [0, 0.05) is 37.4 Å². The van der Waals surface area contributed by atoms with Crippen LogP contribution in [0.25, 0.3) is 11.3 Å². The number of hydrogen-bond acceptors (Lipinski definition) is 6. The fraction of sp³-hybridized carbons (Fsp3) is 0.476. The predicted molar refractivity (Wildman–Crippen MR) is 108 cm³/mol. The van der Waals surface area contributed by atoms with E-state index in [0.29, 0.717) is 31.6 Å². The average Bonchev–Trinajstić information content (AvgIpc) is 3.62. The lowest BCUT2D eigenvalue weighted by Gasteiger charge is -2.38. The van der Waals surface area contributed by atoms with E-state index in [9.17, 15) is 31.1 Å². The highest BCUT2D eigenvalue weighted by Gasteiger charge is 2.49. The first-order chi connectivity index (χ1) is 16.0. The molecule has 4 heterocycles. The molecule has 2 N–H and O–H groups in total. The van der Waals surface area contributed by atoms with Crippen molar-refractivity contribution in [3.05, 3.63) is 35.5 Å². The molecule has 0 unspecified atom stereocenters. The van der Waals surface area contributed by atoms with Crippen LogP contribution < -0.4 is 15.5 Å². The van der Waals surface area contributed by atoms with Gasteiger partial charge in [0.1, 0.15) is 11.6 Å². The minimum Gasteiger partial charge on any atom is -0.431 e. The van der Waals surface area contributed by atoms with Crippen molar-refractivity contribution in [1.82, 2.24) is 15.3 Å². The summed E-state index contributed by atoms with van der Waals surface area (Å²) in [7, 11) is 0. The summed E-state index contributed by atoms with van der Waals surface area (Å²) in [4.78, 5) is 21.6. The van der Waals surface area contributed by atoms with E-state index >= 15 is 0 Å². The zero-order valence-electron chi connectivity index (χ0n) is 17.5. The maximum atomic E-state index is 13.8. The molecule has 1 saturated heterocycles. The van der Waals surface area contributed by atoms with Crippen LogP contribution in [0.2, 0.25) is 0 Å². The van der Waals surface area contributed by atoms with Crippen LogP contribution in [0.4, 0.5) is 42.8 Å². The summed E-state index contributed by atoms with van der Waals surface area (Å²) in [5.74, 6) is -0.0764. The first-order valence-corrected chi connectivity index (χ1v) is 10.6. The second kappa shape index (κ2) is 8.00. The SMILES string of the molecule is O=C1Nc2nccc(-c3cc(C(F)(F)F)cc(N4CCNC[C@H]4C4CC4)n3)c2[C@H](C(F)(F)F)O1. The molecule has 7 nitrogen and oxygen atoms in total. The van der Waals surface area contributed by atoms with Gasteiger partial charge in [-0.1, -0.05) is 0 Å². The van der Waals surface area contributed by atoms with Crippen LogP contribution in [0, 0.1) is 5.92 Å². The quantitative estimate of drug-likeness (QED) is 0.621. The maximum Gasteiger partial charge on any atom is 0.430 e. The largest absolute Gasteiger partial charge is 0.431 e. The van der Waals surface area contributed by atoms with E-state index in [1.807, 2.05) is 0 Å². The number of amides is 1. The van der Waals surface area contributed by atoms with E-state index in [1.54, 1.807) is 4.90 Å². The van der Waals surface area contributed by atoms with Crippen molar-refractivity contribution in [2.75, 3.05) is 29.9 Å². The minimum atomic E-state index is -5.01. The number of pyridine rings is 2. The maximum absolute atomic E-state index is 13.8. The van der Waals surface area contributed by atoms with E-state index in [2.05, 4.69) is 25.3 Å². The van der Waals surface area contributed by atoms with Gasteiger partial charge >= 0.3 is 18.4 Å². The van der Waals surface area contributed by atoms with Gasteiger partial charge in [0.25, 0.3) is 0 Å². The highest BCUT2D eigenvalue weighted by atomic mass is 19.4. The van der Waals surface area contributed by atoms with Gasteiger partial charge in [-0.2, -0.15) is 26.3 Å². The third kappa shape index (κ3) is 4.24. The Balaban J connectivity index is 1.67. The number of ether oxygens (including phenoxy) is 1. The van der Waals surface area contributed by atoms with E-state index in [1.165, 1.54) is 0 Å². The Morgan fingerprint density at radius 3 is 2.56 bits per heavy atom. The number of fused-ring (bicyclic) bond motifs is 1. The number of carbonyl (C=O) groups excluding carboxylic acids is 1. The van der Waals surface area contributed by atoms with Crippen molar-refractivity contribution in [3.63, 3.8) is 0 Å². The number of nitrogens with zero attached hydrogens (tertiary/aromatic N) is 3. The molecule has 2 fully saturated rings. The summed E-state index contributed by atoms with van der Waals surface area (Å²) >= 11 is 0. The standard InChI is InChI=1S/C21H19F6N5O2/c22-20(23,24)11-7-13(30-15(8-11)32-6-5-28-9-14(32)10-1-2-10)12-3-4-29-18-16(12)17(21(25,26)27)34-19(33)31-18/h3-4,7-8,10,14,17,28H,1-2,5-6,9H2,(H,29,31,33)/t14-,17+/m0/s1. The first kappa shape index (κ1) is 22.7. The first-order valence-electron chi connectivity index (χ1n) is 10.6. The Kier molecular flexibility index (Phi) is 5.34. The Hall–Kier alpha value is -3.09. The molecule has 0 spiro atoms. The fourth-order valence-corrected chi connectivity index (χ4v) is 4.46. The van der Waals surface area contributed by atoms with E-state index < -0.39 is 41.5 Å². The number of hydrogen-bond donors (Lipinski definition) is 2. The summed E-state index contributed by atoms with van der Waals surface area (Å²) in [6.45, 7) is 1.53. The molecule has 34 heavy (non-hydrogen) atoms. The highest BCUT2D eigenvalue weighted by molar-refractivity contribution is 5.89. The Labute approximate surface area is 189 Å². The molecular formula is C21H19F6N5O2. The van der Waals surface area contributed by atoms with Crippen LogP contribution in [0.3, 0.4) is 0 Å². The smallest absolute Gasteiger partial charge is 0.430 e. The van der Waals surface area contributed by atoms with E-state index in [-0.39, 0.29) is 23.1 Å². The second-order valence-corrected chi connectivity index (χ2v) is 8.47. The van der Waals surface area contributed by atoms with Crippen LogP contribution in [0.15, 0.2) is 24.4 Å². The Bertz CT molecular complexity index is 1120. The number of aromatic nitrogens is 2. The van der Waals surface area contributed by atoms with Gasteiger partial charge in [-0.05, 0) is 37.0 Å². The molecule has 2 atom stereocenters. The monoisotopic (exact) mass is 487 g/mol. The van der Waals surface area contributed by atoms with Gasteiger partial charge in [0.15, 0.2) is 0 Å². The Morgan fingerprint density at radius 2 is 1.88 bits per heavy atom. The molecule has 5 rings (SSSR count). The van der Waals surface area contributed by atoms with Crippen molar-refractivity contribution in [3.8, 4) is 11.3 Å². The van der Waals surface area contributed by atoms with Crippen LogP contribution in [-0.4, -0.2) is 47.9 Å². The molecule has 2 aliphatic heterocycles. The molecule has 1 aliphatic carbocycles. The lowest BCUT2D eigenvalue weighted by atomic mass is 9.98. The molecule has 13 heteroatoms. The minimum absolute atomic E-state index is 0.0399. The van der Waals surface area contributed by atoms with E-state index in [0.717, 1.165) is 31.2 Å². The molecule has 1 amide bonds. The van der Waals surface area contributed by atoms with Crippen LogP contribution in [-0.2, 0) is 10.9 Å². The van der Waals surface area contributed by atoms with Crippen molar-refractivity contribution in [2.24, 2.45) is 5.92 Å². The van der Waals surface area contributed by atoms with Gasteiger partial charge < -0.3 is 15.0 Å². The number of rotatable bonds is 3. The number of cyclic esters (lactones) is 1. The zero-order valence-corrected chi connectivity index (χ0v) is 17.5. The van der Waals surface area contributed by atoms with Crippen LogP contribution in [0.5, 0.6) is 0 Å².